The van der Waals surface area contributed by atoms with Gasteiger partial charge in [-0.1, -0.05) is 265 Å². The summed E-state index contributed by atoms with van der Waals surface area (Å²) in [7, 11) is 0. The minimum atomic E-state index is -4.03. The average molecular weight is 1490 g/mol. The Morgan fingerprint density at radius 2 is 0.505 bits per heavy atom. The molecular formula is C78H96F12N6O9. The van der Waals surface area contributed by atoms with Crippen molar-refractivity contribution in [3.05, 3.63) is 215 Å². The lowest BCUT2D eigenvalue weighted by atomic mass is 10.0. The Morgan fingerprint density at radius 3 is 0.781 bits per heavy atom. The van der Waals surface area contributed by atoms with Gasteiger partial charge in [0.25, 0.3) is 23.7 Å². The van der Waals surface area contributed by atoms with E-state index in [0.29, 0.717) is 20.9 Å². The van der Waals surface area contributed by atoms with Crippen LogP contribution >= 0.6 is 0 Å². The number of carbonyl (C=O) groups is 9. The molecule has 0 spiro atoms. The van der Waals surface area contributed by atoms with Gasteiger partial charge in [-0.3, -0.25) is 48.4 Å². The van der Waals surface area contributed by atoms with Crippen molar-refractivity contribution in [3.63, 3.8) is 0 Å². The largest absolute Gasteiger partial charge is 0.342 e. The Balaban J connectivity index is 0.000000733. The van der Waals surface area contributed by atoms with Gasteiger partial charge in [-0.2, -0.15) is 17.6 Å². The number of alkyl halides is 12. The maximum absolute atomic E-state index is 14.7. The summed E-state index contributed by atoms with van der Waals surface area (Å²) >= 11 is 0. The summed E-state index contributed by atoms with van der Waals surface area (Å²) in [4.78, 5) is 111. The molecule has 12 amide bonds. The smallest absolute Gasteiger partial charge is 0.274 e. The van der Waals surface area contributed by atoms with Crippen LogP contribution in [-0.4, -0.2) is 133 Å². The lowest BCUT2D eigenvalue weighted by Gasteiger charge is -2.39. The van der Waals surface area contributed by atoms with Gasteiger partial charge in [-0.05, 0) is 35.1 Å². The molecule has 576 valence electrons. The number of hydrogen-bond acceptors (Lipinski definition) is 9. The number of urea groups is 3. The lowest BCUT2D eigenvalue weighted by Crippen LogP contribution is -2.65. The topological polar surface area (TPSA) is 173 Å². The first-order chi connectivity index (χ1) is 49.8. The molecule has 3 heterocycles. The van der Waals surface area contributed by atoms with Crippen molar-refractivity contribution in [2.75, 3.05) is 26.2 Å². The molecule has 105 heavy (non-hydrogen) atoms. The molecule has 9 rings (SSSR count). The predicted molar refractivity (Wildman–Crippen MR) is 378 cm³/mol. The number of rotatable bonds is 24. The van der Waals surface area contributed by atoms with Crippen molar-refractivity contribution in [2.24, 2.45) is 0 Å². The van der Waals surface area contributed by atoms with E-state index in [4.69, 9.17) is 0 Å². The molecule has 0 unspecified atom stereocenters. The van der Waals surface area contributed by atoms with E-state index in [1.807, 2.05) is 83.1 Å². The summed E-state index contributed by atoms with van der Waals surface area (Å²) in [6, 6.07) is 32.8. The number of benzene rings is 6. The number of halogens is 12. The third-order valence-corrected chi connectivity index (χ3v) is 14.8. The zero-order valence-corrected chi connectivity index (χ0v) is 61.3. The van der Waals surface area contributed by atoms with Crippen LogP contribution in [0.3, 0.4) is 0 Å². The minimum absolute atomic E-state index is 0.183. The highest BCUT2D eigenvalue weighted by atomic mass is 19.3. The van der Waals surface area contributed by atoms with Crippen LogP contribution in [0.1, 0.15) is 161 Å². The van der Waals surface area contributed by atoms with E-state index in [2.05, 4.69) is 0 Å². The van der Waals surface area contributed by atoms with E-state index in [1.165, 1.54) is 72.8 Å². The lowest BCUT2D eigenvalue weighted by molar-refractivity contribution is -0.192. The SMILES string of the molecule is CC.CC.CC.CC.CC.CC.O=C1CC(=O)N(C(F)(F)CCc2ccccc2)C(=O)N1C(F)(F)CCc1ccccc1.O=C1CC(=O)N(CC(F)(F)Cc2ccccc2)C(=O)N1CC(F)(F)Cc1ccccc1.O=C1CC(=O)N(CCC(F)(F)c2ccccc2)C(=O)N1CCC(F)(F)c1ccccc1. The summed E-state index contributed by atoms with van der Waals surface area (Å²) in [6.45, 7) is 20.1. The average Bonchev–Trinajstić information content (AvgIpc) is 0.763. The van der Waals surface area contributed by atoms with Crippen LogP contribution < -0.4 is 0 Å². The molecule has 6 aromatic carbocycles. The number of hydrogen-bond donors (Lipinski definition) is 0. The number of nitrogens with zero attached hydrogens (tertiary/aromatic N) is 6. The Kier molecular flexibility index (Phi) is 40.5. The molecule has 15 nitrogen and oxygen atoms in total. The van der Waals surface area contributed by atoms with Gasteiger partial charge in [-0.15, -0.1) is 0 Å². The second kappa shape index (κ2) is 45.5. The van der Waals surface area contributed by atoms with Crippen molar-refractivity contribution in [2.45, 2.75) is 189 Å². The van der Waals surface area contributed by atoms with Crippen molar-refractivity contribution in [3.8, 4) is 0 Å². The summed E-state index contributed by atoms with van der Waals surface area (Å²) in [5.41, 5.74) is 1.07. The molecule has 0 bridgehead atoms. The quantitative estimate of drug-likeness (QED) is 0.0325. The highest BCUT2D eigenvalue weighted by Crippen LogP contribution is 2.38. The first-order valence-corrected chi connectivity index (χ1v) is 34.8. The van der Waals surface area contributed by atoms with E-state index in [-0.39, 0.29) is 44.9 Å². The Morgan fingerprint density at radius 1 is 0.276 bits per heavy atom. The number of carbonyl (C=O) groups excluding carboxylic acids is 9. The molecule has 6 aromatic rings. The predicted octanol–water partition coefficient (Wildman–Crippen LogP) is 19.2. The van der Waals surface area contributed by atoms with Gasteiger partial charge in [-0.25, -0.2) is 59.3 Å². The van der Waals surface area contributed by atoms with Crippen LogP contribution in [0.5, 0.6) is 0 Å². The van der Waals surface area contributed by atoms with E-state index < -0.39 is 183 Å². The fourth-order valence-electron chi connectivity index (χ4n) is 9.98. The Bertz CT molecular complexity index is 3380. The monoisotopic (exact) mass is 1490 g/mol. The first kappa shape index (κ1) is 93.3. The molecule has 0 radical (unpaired) electrons. The fourth-order valence-corrected chi connectivity index (χ4v) is 9.98. The normalized spacial score (nSPS) is 14.1. The van der Waals surface area contributed by atoms with E-state index in [1.54, 1.807) is 109 Å². The molecular weight excluding hydrogens is 1390 g/mol. The highest BCUT2D eigenvalue weighted by molar-refractivity contribution is 6.16. The third kappa shape index (κ3) is 29.1. The van der Waals surface area contributed by atoms with Gasteiger partial charge < -0.3 is 0 Å². The van der Waals surface area contributed by atoms with Crippen molar-refractivity contribution in [1.82, 2.24) is 29.4 Å². The summed E-state index contributed by atoms with van der Waals surface area (Å²) < 4.78 is 175. The van der Waals surface area contributed by atoms with Crippen LogP contribution in [0.4, 0.5) is 67.1 Å². The molecule has 0 aromatic heterocycles. The zero-order chi connectivity index (χ0) is 79.9. The molecule has 3 aliphatic rings. The highest BCUT2D eigenvalue weighted by Gasteiger charge is 2.57. The van der Waals surface area contributed by atoms with Crippen LogP contribution in [0.15, 0.2) is 182 Å². The van der Waals surface area contributed by atoms with E-state index in [0.717, 1.165) is 0 Å². The van der Waals surface area contributed by atoms with Gasteiger partial charge >= 0.3 is 30.2 Å². The molecule has 0 atom stereocenters. The number of aryl methyl sites for hydroxylation is 2. The standard InChI is InChI=1S/3C22H20F4N2O3.6C2H6/c23-21(24,12-16-7-3-1-4-8-16)14-27-18(29)11-19(30)28(20(27)31)15-22(25,26)13-17-9-5-2-6-10-17;23-21(24,16-7-3-1-4-8-16)11-13-27-18(29)15-19(30)28(20(27)31)14-12-22(25,26)17-9-5-2-6-10-17;23-21(24,13-11-16-7-3-1-4-8-16)27-18(29)15-19(30)28(20(27)31)22(25,26)14-12-17-9-5-2-6-10-17;6*1-2/h3*1-10H,11-15H2;6*1-2H3. The van der Waals surface area contributed by atoms with Crippen LogP contribution in [0.25, 0.3) is 0 Å². The molecule has 0 saturated carbocycles. The number of imide groups is 6. The van der Waals surface area contributed by atoms with Gasteiger partial charge in [0.05, 0.1) is 13.1 Å². The summed E-state index contributed by atoms with van der Waals surface area (Å²) in [6.07, 6.45) is -8.37. The molecule has 0 aliphatic carbocycles. The van der Waals surface area contributed by atoms with Crippen LogP contribution in [0.2, 0.25) is 0 Å². The molecule has 3 aliphatic heterocycles. The first-order valence-electron chi connectivity index (χ1n) is 34.8. The molecule has 27 heteroatoms. The number of barbiturate groups is 3. The zero-order valence-electron chi connectivity index (χ0n) is 61.3. The molecule has 0 N–H and O–H groups in total. The van der Waals surface area contributed by atoms with Gasteiger partial charge in [0.15, 0.2) is 0 Å². The summed E-state index contributed by atoms with van der Waals surface area (Å²) in [5.74, 6) is -20.7. The van der Waals surface area contributed by atoms with Gasteiger partial charge in [0.2, 0.25) is 35.4 Å². The van der Waals surface area contributed by atoms with Gasteiger partial charge in [0, 0.05) is 62.7 Å². The van der Waals surface area contributed by atoms with Crippen LogP contribution in [0, 0.1) is 0 Å². The van der Waals surface area contributed by atoms with Crippen LogP contribution in [-0.2, 0) is 66.3 Å². The minimum Gasteiger partial charge on any atom is -0.274 e. The number of amides is 12. The third-order valence-electron chi connectivity index (χ3n) is 14.8. The maximum Gasteiger partial charge on any atom is 0.342 e. The molecule has 3 fully saturated rings. The second-order valence-electron chi connectivity index (χ2n) is 21.9. The molecule has 3 saturated heterocycles. The Labute approximate surface area is 607 Å². The second-order valence-corrected chi connectivity index (χ2v) is 21.9. The van der Waals surface area contributed by atoms with E-state index in [9.17, 15) is 95.8 Å². The van der Waals surface area contributed by atoms with E-state index >= 15 is 0 Å². The van der Waals surface area contributed by atoms with Crippen molar-refractivity contribution < 1.29 is 95.8 Å². The summed E-state index contributed by atoms with van der Waals surface area (Å²) in [5, 5.41) is 0. The Hall–Kier alpha value is -9.69. The van der Waals surface area contributed by atoms with Crippen molar-refractivity contribution in [1.29, 1.82) is 0 Å². The maximum atomic E-state index is 14.7. The fraction of sp³-hybridized carbons (Fsp3) is 0.423. The van der Waals surface area contributed by atoms with Crippen molar-refractivity contribution >= 4 is 53.5 Å². The van der Waals surface area contributed by atoms with Gasteiger partial charge in [0.1, 0.15) is 19.3 Å².